The van der Waals surface area contributed by atoms with Gasteiger partial charge < -0.3 is 10.6 Å². The molecule has 0 aromatic carbocycles. The predicted octanol–water partition coefficient (Wildman–Crippen LogP) is 0.436. The molecule has 9 nitrogen and oxygen atoms in total. The lowest BCUT2D eigenvalue weighted by molar-refractivity contribution is -0.130. The number of hydrogen-bond donors (Lipinski definition) is 2. The van der Waals surface area contributed by atoms with Crippen LogP contribution < -0.4 is 10.6 Å². The van der Waals surface area contributed by atoms with E-state index in [-0.39, 0.29) is 24.8 Å². The molecule has 128 valence electrons. The molecule has 2 aromatic rings. The number of amides is 4. The van der Waals surface area contributed by atoms with Gasteiger partial charge in [0.05, 0.1) is 24.9 Å². The zero-order chi connectivity index (χ0) is 17.3. The van der Waals surface area contributed by atoms with Crippen molar-refractivity contribution >= 4 is 34.1 Å². The van der Waals surface area contributed by atoms with Crippen molar-refractivity contribution in [2.75, 3.05) is 6.54 Å². The molecule has 3 rings (SSSR count). The van der Waals surface area contributed by atoms with Crippen molar-refractivity contribution in [3.63, 3.8) is 0 Å². The minimum absolute atomic E-state index is 0.0790. The van der Waals surface area contributed by atoms with Crippen LogP contribution in [0.2, 0.25) is 0 Å². The second-order valence-electron chi connectivity index (χ2n) is 5.55. The molecule has 1 aliphatic rings. The molecule has 4 amide bonds. The first kappa shape index (κ1) is 16.4. The number of carbonyl (C=O) groups excluding carboxylic acids is 3. The van der Waals surface area contributed by atoms with E-state index in [1.807, 2.05) is 13.8 Å². The Labute approximate surface area is 142 Å². The Kier molecular flexibility index (Phi) is 4.47. The monoisotopic (exact) mass is 350 g/mol. The van der Waals surface area contributed by atoms with Crippen molar-refractivity contribution in [2.45, 2.75) is 39.3 Å². The molecule has 0 saturated carbocycles. The van der Waals surface area contributed by atoms with E-state index >= 15 is 0 Å². The van der Waals surface area contributed by atoms with Crippen molar-refractivity contribution in [2.24, 2.45) is 0 Å². The minimum atomic E-state index is -0.793. The molecule has 2 N–H and O–H groups in total. The molecule has 0 radical (unpaired) electrons. The normalized spacial score (nSPS) is 17.6. The molecule has 1 atom stereocenters. The van der Waals surface area contributed by atoms with Crippen molar-refractivity contribution in [3.8, 4) is 0 Å². The van der Waals surface area contributed by atoms with Gasteiger partial charge in [0.25, 0.3) is 5.91 Å². The topological polar surface area (TPSA) is 109 Å². The first-order chi connectivity index (χ1) is 11.5. The largest absolute Gasteiger partial charge is 0.350 e. The van der Waals surface area contributed by atoms with Crippen LogP contribution in [0, 0.1) is 6.92 Å². The van der Waals surface area contributed by atoms with Gasteiger partial charge in [0.2, 0.25) is 10.9 Å². The lowest BCUT2D eigenvalue weighted by atomic mass is 10.2. The summed E-state index contributed by atoms with van der Waals surface area (Å²) < 4.78 is 1.67. The second kappa shape index (κ2) is 6.56. The third-order valence-electron chi connectivity index (χ3n) is 3.60. The van der Waals surface area contributed by atoms with Crippen molar-refractivity contribution < 1.29 is 14.4 Å². The molecule has 2 aromatic heterocycles. The number of aromatic nitrogens is 3. The number of rotatable bonds is 6. The van der Waals surface area contributed by atoms with E-state index in [0.29, 0.717) is 18.7 Å². The van der Waals surface area contributed by atoms with Gasteiger partial charge in [0.1, 0.15) is 11.0 Å². The van der Waals surface area contributed by atoms with E-state index < -0.39 is 12.1 Å². The first-order valence-electron chi connectivity index (χ1n) is 7.68. The minimum Gasteiger partial charge on any atom is -0.350 e. The highest BCUT2D eigenvalue weighted by Gasteiger charge is 2.38. The summed E-state index contributed by atoms with van der Waals surface area (Å²) in [6.07, 6.45) is 2.36. The molecule has 1 fully saturated rings. The number of imidazole rings is 1. The summed E-state index contributed by atoms with van der Waals surface area (Å²) >= 11 is 1.47. The molecule has 3 heterocycles. The van der Waals surface area contributed by atoms with E-state index in [0.717, 1.165) is 14.9 Å². The Morgan fingerprint density at radius 2 is 2.25 bits per heavy atom. The highest BCUT2D eigenvalue weighted by atomic mass is 32.1. The standard InChI is InChI=1S/C14H18N6O3S/c1-3-4-19-12(22)10(17-13(19)23)5-11(21)15-6-9-7-20-14(16-9)24-8(2)18-20/h7,10H,3-6H2,1-2H3,(H,15,21)(H,17,23)/t10-/m0/s1. The number of nitrogens with zero attached hydrogens (tertiary/aromatic N) is 4. The van der Waals surface area contributed by atoms with E-state index in [1.54, 1.807) is 10.7 Å². The van der Waals surface area contributed by atoms with Crippen LogP contribution in [0.25, 0.3) is 4.96 Å². The van der Waals surface area contributed by atoms with Gasteiger partial charge in [-0.2, -0.15) is 5.10 Å². The zero-order valence-corrected chi connectivity index (χ0v) is 14.2. The van der Waals surface area contributed by atoms with Crippen molar-refractivity contribution in [1.82, 2.24) is 30.1 Å². The summed E-state index contributed by atoms with van der Waals surface area (Å²) in [5.74, 6) is -0.660. The molecule has 0 unspecified atom stereocenters. The molecule has 10 heteroatoms. The molecule has 0 bridgehead atoms. The third-order valence-corrected chi connectivity index (χ3v) is 4.44. The van der Waals surface area contributed by atoms with Crippen LogP contribution in [0.5, 0.6) is 0 Å². The number of imide groups is 1. The van der Waals surface area contributed by atoms with Crippen molar-refractivity contribution in [1.29, 1.82) is 0 Å². The second-order valence-corrected chi connectivity index (χ2v) is 6.71. The molecular weight excluding hydrogens is 332 g/mol. The number of hydrogen-bond acceptors (Lipinski definition) is 6. The fourth-order valence-corrected chi connectivity index (χ4v) is 3.27. The Bertz CT molecular complexity index is 766. The van der Waals surface area contributed by atoms with Gasteiger partial charge in [-0.15, -0.1) is 0 Å². The maximum absolute atomic E-state index is 12.1. The van der Waals surface area contributed by atoms with Crippen LogP contribution in [0.15, 0.2) is 6.20 Å². The Morgan fingerprint density at radius 1 is 1.46 bits per heavy atom. The van der Waals surface area contributed by atoms with Crippen LogP contribution in [-0.4, -0.2) is 49.9 Å². The highest BCUT2D eigenvalue weighted by Crippen LogP contribution is 2.13. The summed E-state index contributed by atoms with van der Waals surface area (Å²) in [7, 11) is 0. The fraction of sp³-hybridized carbons (Fsp3) is 0.500. The lowest BCUT2D eigenvalue weighted by Crippen LogP contribution is -2.36. The van der Waals surface area contributed by atoms with Crippen molar-refractivity contribution in [3.05, 3.63) is 16.9 Å². The van der Waals surface area contributed by atoms with E-state index in [1.165, 1.54) is 11.3 Å². The van der Waals surface area contributed by atoms with Crippen LogP contribution in [0.4, 0.5) is 4.79 Å². The lowest BCUT2D eigenvalue weighted by Gasteiger charge is -2.11. The molecular formula is C14H18N6O3S. The zero-order valence-electron chi connectivity index (χ0n) is 13.4. The Hall–Kier alpha value is -2.49. The molecule has 0 aliphatic carbocycles. The summed E-state index contributed by atoms with van der Waals surface area (Å²) in [6.45, 7) is 4.39. The van der Waals surface area contributed by atoms with E-state index in [9.17, 15) is 14.4 Å². The molecule has 24 heavy (non-hydrogen) atoms. The maximum Gasteiger partial charge on any atom is 0.324 e. The van der Waals surface area contributed by atoms with Gasteiger partial charge in [-0.05, 0) is 13.3 Å². The average molecular weight is 350 g/mol. The third kappa shape index (κ3) is 3.23. The first-order valence-corrected chi connectivity index (χ1v) is 8.50. The van der Waals surface area contributed by atoms with Gasteiger partial charge in [-0.3, -0.25) is 14.5 Å². The number of urea groups is 1. The van der Waals surface area contributed by atoms with Gasteiger partial charge in [0.15, 0.2) is 0 Å². The van der Waals surface area contributed by atoms with Crippen LogP contribution in [0.3, 0.4) is 0 Å². The van der Waals surface area contributed by atoms with Crippen LogP contribution in [0.1, 0.15) is 30.5 Å². The molecule has 1 saturated heterocycles. The maximum atomic E-state index is 12.1. The number of nitrogens with one attached hydrogen (secondary N) is 2. The Morgan fingerprint density at radius 3 is 2.96 bits per heavy atom. The average Bonchev–Trinajstić information content (AvgIpc) is 3.12. The van der Waals surface area contributed by atoms with E-state index in [2.05, 4.69) is 20.7 Å². The summed E-state index contributed by atoms with van der Waals surface area (Å²) in [6, 6.07) is -1.23. The Balaban J connectivity index is 1.53. The molecule has 1 aliphatic heterocycles. The SMILES string of the molecule is CCCN1C(=O)N[C@@H](CC(=O)NCc2cn3nc(C)sc3n2)C1=O. The number of fused-ring (bicyclic) bond motifs is 1. The molecule has 0 spiro atoms. The van der Waals surface area contributed by atoms with Gasteiger partial charge in [-0.1, -0.05) is 18.3 Å². The summed E-state index contributed by atoms with van der Waals surface area (Å²) in [5.41, 5.74) is 0.691. The predicted molar refractivity (Wildman–Crippen MR) is 86.4 cm³/mol. The smallest absolute Gasteiger partial charge is 0.324 e. The summed E-state index contributed by atoms with van der Waals surface area (Å²) in [4.78, 5) is 42.1. The van der Waals surface area contributed by atoms with Gasteiger partial charge in [-0.25, -0.2) is 14.3 Å². The number of carbonyl (C=O) groups is 3. The van der Waals surface area contributed by atoms with E-state index in [4.69, 9.17) is 0 Å². The highest BCUT2D eigenvalue weighted by molar-refractivity contribution is 7.16. The quantitative estimate of drug-likeness (QED) is 0.735. The van der Waals surface area contributed by atoms with Crippen LogP contribution >= 0.6 is 11.3 Å². The number of aryl methyl sites for hydroxylation is 1. The van der Waals surface area contributed by atoms with Gasteiger partial charge >= 0.3 is 6.03 Å². The fourth-order valence-electron chi connectivity index (χ4n) is 2.53. The van der Waals surface area contributed by atoms with Crippen LogP contribution in [-0.2, 0) is 16.1 Å². The van der Waals surface area contributed by atoms with Gasteiger partial charge in [0, 0.05) is 6.54 Å². The summed E-state index contributed by atoms with van der Waals surface area (Å²) in [5, 5.41) is 10.4.